The third kappa shape index (κ3) is 3.34. The topological polar surface area (TPSA) is 57.2 Å². The molecule has 0 saturated heterocycles. The normalized spacial score (nSPS) is 21.2. The van der Waals surface area contributed by atoms with Crippen LogP contribution in [0.4, 0.5) is 19.1 Å². The Labute approximate surface area is 159 Å². The highest BCUT2D eigenvalue weighted by Gasteiger charge is 2.39. The average Bonchev–Trinajstić information content (AvgIpc) is 3.17. The van der Waals surface area contributed by atoms with Gasteiger partial charge in [0.15, 0.2) is 0 Å². The van der Waals surface area contributed by atoms with Crippen LogP contribution in [0.5, 0.6) is 0 Å². The predicted octanol–water partition coefficient (Wildman–Crippen LogP) is 4.63. The van der Waals surface area contributed by atoms with Crippen LogP contribution < -0.4 is 4.90 Å². The number of benzene rings is 1. The Morgan fingerprint density at radius 2 is 1.78 bits per heavy atom. The largest absolute Gasteiger partial charge is 0.293 e. The first kappa shape index (κ1) is 18.0. The zero-order valence-electron chi connectivity index (χ0n) is 14.3. The van der Waals surface area contributed by atoms with E-state index in [4.69, 9.17) is 11.6 Å². The number of aromatic amines is 1. The maximum Gasteiger partial charge on any atom is 0.226 e. The molecule has 1 aliphatic heterocycles. The van der Waals surface area contributed by atoms with Gasteiger partial charge in [0.25, 0.3) is 0 Å². The quantitative estimate of drug-likeness (QED) is 0.771. The summed E-state index contributed by atoms with van der Waals surface area (Å²) in [6.45, 7) is 0. The molecule has 0 amide bonds. The number of nitrogens with zero attached hydrogens (tertiary/aromatic N) is 4. The Hall–Kier alpha value is -2.35. The zero-order valence-corrected chi connectivity index (χ0v) is 15.1. The second-order valence-corrected chi connectivity index (χ2v) is 7.11. The zero-order chi connectivity index (χ0) is 19.0. The van der Waals surface area contributed by atoms with Crippen LogP contribution in [0.25, 0.3) is 5.57 Å². The van der Waals surface area contributed by atoms with Crippen molar-refractivity contribution >= 4 is 29.5 Å². The minimum absolute atomic E-state index is 0.00857. The van der Waals surface area contributed by atoms with Crippen LogP contribution in [0.3, 0.4) is 0 Å². The van der Waals surface area contributed by atoms with Gasteiger partial charge in [-0.1, -0.05) is 30.9 Å². The number of aromatic nitrogens is 3. The fourth-order valence-corrected chi connectivity index (χ4v) is 4.24. The standard InChI is InChI=1S/C18H17ClF3N5/c19-17-15(14-12(21)6-11(20)7-13(14)22)16(10-4-2-1-3-5-10)27(9-24-17)18-23-8-25-26-18/h6-10,16H,1-5H2,(H,23,25,26). The van der Waals surface area contributed by atoms with E-state index >= 15 is 0 Å². The molecule has 0 radical (unpaired) electrons. The number of rotatable bonds is 3. The molecule has 1 N–H and O–H groups in total. The molecule has 2 aromatic rings. The number of H-pyrrole nitrogens is 1. The molecule has 4 rings (SSSR count). The van der Waals surface area contributed by atoms with Crippen LogP contribution in [0, 0.1) is 23.4 Å². The lowest BCUT2D eigenvalue weighted by Gasteiger charge is -2.39. The maximum atomic E-state index is 14.6. The average molecular weight is 396 g/mol. The summed E-state index contributed by atoms with van der Waals surface area (Å²) in [5.74, 6) is -2.50. The molecule has 1 unspecified atom stereocenters. The van der Waals surface area contributed by atoms with Gasteiger partial charge in [-0.2, -0.15) is 10.1 Å². The fraction of sp³-hybridized carbons (Fsp3) is 0.389. The van der Waals surface area contributed by atoms with E-state index in [1.54, 1.807) is 4.90 Å². The first-order valence-corrected chi connectivity index (χ1v) is 9.16. The molecule has 142 valence electrons. The Balaban J connectivity index is 1.87. The lowest BCUT2D eigenvalue weighted by Crippen LogP contribution is -2.44. The van der Waals surface area contributed by atoms with E-state index in [2.05, 4.69) is 20.2 Å². The van der Waals surface area contributed by atoms with Crippen LogP contribution in [0.2, 0.25) is 0 Å². The van der Waals surface area contributed by atoms with Gasteiger partial charge in [-0.3, -0.25) is 4.90 Å². The van der Waals surface area contributed by atoms with Crippen molar-refractivity contribution in [3.05, 3.63) is 46.6 Å². The SMILES string of the molecule is Fc1cc(F)c(C2=C(Cl)N=CN(c3ncn[nH]3)C2C2CCCCC2)c(F)c1. The minimum Gasteiger partial charge on any atom is -0.293 e. The smallest absolute Gasteiger partial charge is 0.226 e. The van der Waals surface area contributed by atoms with Crippen LogP contribution in [0.15, 0.2) is 28.6 Å². The van der Waals surface area contributed by atoms with Crippen molar-refractivity contribution in [1.82, 2.24) is 15.2 Å². The Kier molecular flexibility index (Phi) is 4.90. The Bertz CT molecular complexity index is 867. The van der Waals surface area contributed by atoms with Crippen molar-refractivity contribution in [1.29, 1.82) is 0 Å². The molecule has 1 aromatic carbocycles. The summed E-state index contributed by atoms with van der Waals surface area (Å²) < 4.78 is 42.6. The maximum absolute atomic E-state index is 14.6. The van der Waals surface area contributed by atoms with E-state index in [0.29, 0.717) is 18.1 Å². The molecule has 2 heterocycles. The summed E-state index contributed by atoms with van der Waals surface area (Å²) in [6.07, 6.45) is 7.74. The molecule has 0 bridgehead atoms. The highest BCUT2D eigenvalue weighted by atomic mass is 35.5. The molecule has 2 aliphatic rings. The van der Waals surface area contributed by atoms with Crippen molar-refractivity contribution in [3.8, 4) is 0 Å². The molecule has 1 fully saturated rings. The molecule has 0 spiro atoms. The van der Waals surface area contributed by atoms with Crippen LogP contribution in [-0.2, 0) is 0 Å². The van der Waals surface area contributed by atoms with Gasteiger partial charge >= 0.3 is 0 Å². The summed E-state index contributed by atoms with van der Waals surface area (Å²) in [5, 5.41) is 6.61. The van der Waals surface area contributed by atoms with Crippen molar-refractivity contribution < 1.29 is 13.2 Å². The Morgan fingerprint density at radius 1 is 1.07 bits per heavy atom. The fourth-order valence-electron chi connectivity index (χ4n) is 3.99. The number of hydrogen-bond donors (Lipinski definition) is 1. The van der Waals surface area contributed by atoms with Crippen LogP contribution in [0.1, 0.15) is 37.7 Å². The van der Waals surface area contributed by atoms with E-state index in [1.807, 2.05) is 0 Å². The third-order valence-electron chi connectivity index (χ3n) is 5.13. The first-order chi connectivity index (χ1) is 13.1. The third-order valence-corrected chi connectivity index (χ3v) is 5.43. The van der Waals surface area contributed by atoms with Crippen molar-refractivity contribution in [3.63, 3.8) is 0 Å². The number of anilines is 1. The second-order valence-electron chi connectivity index (χ2n) is 6.75. The molecule has 1 aromatic heterocycles. The molecule has 5 nitrogen and oxygen atoms in total. The van der Waals surface area contributed by atoms with Crippen LogP contribution in [-0.4, -0.2) is 27.6 Å². The van der Waals surface area contributed by atoms with E-state index < -0.39 is 23.5 Å². The minimum atomic E-state index is -1.00. The van der Waals surface area contributed by atoms with Crippen molar-refractivity contribution in [2.75, 3.05) is 4.90 Å². The van der Waals surface area contributed by atoms with Crippen LogP contribution >= 0.6 is 11.6 Å². The summed E-state index contributed by atoms with van der Waals surface area (Å²) in [7, 11) is 0. The lowest BCUT2D eigenvalue weighted by atomic mass is 9.78. The molecular weight excluding hydrogens is 379 g/mol. The number of nitrogens with one attached hydrogen (secondary N) is 1. The van der Waals surface area contributed by atoms with Gasteiger partial charge in [-0.15, -0.1) is 0 Å². The molecule has 1 aliphatic carbocycles. The summed E-state index contributed by atoms with van der Waals surface area (Å²) in [5.41, 5.74) is -0.143. The van der Waals surface area contributed by atoms with E-state index in [0.717, 1.165) is 32.1 Å². The molecule has 1 atom stereocenters. The second kappa shape index (κ2) is 7.34. The van der Waals surface area contributed by atoms with Gasteiger partial charge in [0.1, 0.15) is 28.9 Å². The summed E-state index contributed by atoms with van der Waals surface area (Å²) in [4.78, 5) is 9.96. The number of halogens is 4. The molecular formula is C18H17ClF3N5. The highest BCUT2D eigenvalue weighted by Crippen LogP contribution is 2.42. The summed E-state index contributed by atoms with van der Waals surface area (Å²) in [6, 6.07) is 0.826. The first-order valence-electron chi connectivity index (χ1n) is 8.78. The Morgan fingerprint density at radius 3 is 2.41 bits per heavy atom. The number of hydrogen-bond acceptors (Lipinski definition) is 4. The van der Waals surface area contributed by atoms with Crippen molar-refractivity contribution in [2.24, 2.45) is 10.9 Å². The predicted molar refractivity (Wildman–Crippen MR) is 96.8 cm³/mol. The van der Waals surface area contributed by atoms with E-state index in [9.17, 15) is 13.2 Å². The van der Waals surface area contributed by atoms with E-state index in [-0.39, 0.29) is 22.2 Å². The van der Waals surface area contributed by atoms with Crippen molar-refractivity contribution in [2.45, 2.75) is 38.1 Å². The van der Waals surface area contributed by atoms with Gasteiger partial charge in [-0.25, -0.2) is 23.3 Å². The number of aliphatic imine (C=N–C) groups is 1. The lowest BCUT2D eigenvalue weighted by molar-refractivity contribution is 0.335. The van der Waals surface area contributed by atoms with Gasteiger partial charge in [0.05, 0.1) is 17.9 Å². The molecule has 1 saturated carbocycles. The molecule has 9 heteroatoms. The monoisotopic (exact) mass is 395 g/mol. The van der Waals surface area contributed by atoms with Gasteiger partial charge in [0.2, 0.25) is 5.95 Å². The van der Waals surface area contributed by atoms with E-state index in [1.165, 1.54) is 12.7 Å². The van der Waals surface area contributed by atoms with Gasteiger partial charge in [-0.05, 0) is 18.8 Å². The summed E-state index contributed by atoms with van der Waals surface area (Å²) >= 11 is 6.32. The van der Waals surface area contributed by atoms with Gasteiger partial charge < -0.3 is 0 Å². The molecule has 27 heavy (non-hydrogen) atoms. The highest BCUT2D eigenvalue weighted by molar-refractivity contribution is 6.33. The van der Waals surface area contributed by atoms with Gasteiger partial charge in [0, 0.05) is 17.7 Å².